The van der Waals surface area contributed by atoms with E-state index in [1.165, 1.54) is 34.1 Å². The molecule has 1 atom stereocenters. The van der Waals surface area contributed by atoms with Gasteiger partial charge in [0.2, 0.25) is 20.0 Å². The number of carbonyl (C=O) groups excluding carboxylic acids is 2. The van der Waals surface area contributed by atoms with Crippen LogP contribution in [0.15, 0.2) is 42.5 Å². The molecule has 2 aliphatic heterocycles. The zero-order chi connectivity index (χ0) is 35.8. The van der Waals surface area contributed by atoms with Crippen LogP contribution < -0.4 is 9.44 Å². The SMILES string of the molecule is CC(C)(C)OC(=O)N1CCC(NS(=O)(=O)C2(S(=O)(=O)NC3CCN(C(=O)OC(C)(C)C)CC3)C=[C]C=CC2(F)c2ccccc2Cl)CC1. The van der Waals surface area contributed by atoms with Crippen molar-refractivity contribution in [1.82, 2.24) is 19.2 Å². The van der Waals surface area contributed by atoms with Crippen molar-refractivity contribution >= 4 is 43.8 Å². The molecule has 2 saturated heterocycles. The van der Waals surface area contributed by atoms with E-state index in [4.69, 9.17) is 21.1 Å². The summed E-state index contributed by atoms with van der Waals surface area (Å²) in [4.78, 5) is 28.0. The second-order valence-electron chi connectivity index (χ2n) is 14.2. The Balaban J connectivity index is 1.65. The van der Waals surface area contributed by atoms with Gasteiger partial charge in [-0.2, -0.15) is 0 Å². The van der Waals surface area contributed by atoms with E-state index in [1.54, 1.807) is 41.5 Å². The first-order chi connectivity index (χ1) is 22.1. The summed E-state index contributed by atoms with van der Waals surface area (Å²) in [5.41, 5.74) is -5.02. The number of rotatable bonds is 7. The van der Waals surface area contributed by atoms with Gasteiger partial charge in [-0.3, -0.25) is 0 Å². The number of carbonyl (C=O) groups is 2. The molecule has 0 aromatic heterocycles. The molecule has 1 aliphatic carbocycles. The molecule has 2 fully saturated rings. The van der Waals surface area contributed by atoms with Crippen LogP contribution in [0.1, 0.15) is 72.8 Å². The highest BCUT2D eigenvalue weighted by molar-refractivity contribution is 8.09. The Kier molecular flexibility index (Phi) is 11.0. The maximum Gasteiger partial charge on any atom is 0.410 e. The number of likely N-dealkylation sites (tertiary alicyclic amines) is 2. The topological polar surface area (TPSA) is 151 Å². The van der Waals surface area contributed by atoms with Crippen molar-refractivity contribution in [3.63, 3.8) is 0 Å². The number of ether oxygens (including phenoxy) is 2. The number of allylic oxidation sites excluding steroid dienone is 3. The summed E-state index contributed by atoms with van der Waals surface area (Å²) in [5, 5.41) is -0.175. The highest BCUT2D eigenvalue weighted by Crippen LogP contribution is 2.51. The van der Waals surface area contributed by atoms with Crippen LogP contribution in [-0.2, 0) is 35.2 Å². The fraction of sp³-hybridized carbons (Fsp3) is 0.625. The van der Waals surface area contributed by atoms with Crippen LogP contribution in [0.4, 0.5) is 14.0 Å². The minimum absolute atomic E-state index is 0.125. The van der Waals surface area contributed by atoms with Crippen molar-refractivity contribution in [3.05, 3.63) is 59.2 Å². The molecule has 2 heterocycles. The molecule has 0 saturated carbocycles. The maximum atomic E-state index is 17.8. The number of halogens is 2. The Morgan fingerprint density at radius 3 is 1.65 bits per heavy atom. The van der Waals surface area contributed by atoms with E-state index in [0.717, 1.165) is 12.2 Å². The molecule has 1 unspecified atom stereocenters. The number of amides is 2. The predicted octanol–water partition coefficient (Wildman–Crippen LogP) is 4.77. The lowest BCUT2D eigenvalue weighted by atomic mass is 9.88. The Hall–Kier alpha value is -2.72. The number of piperidine rings is 2. The van der Waals surface area contributed by atoms with Crippen LogP contribution in [0, 0.1) is 6.08 Å². The van der Waals surface area contributed by atoms with Crippen molar-refractivity contribution in [2.24, 2.45) is 0 Å². The number of nitrogens with one attached hydrogen (secondary N) is 2. The van der Waals surface area contributed by atoms with Crippen molar-refractivity contribution in [1.29, 1.82) is 0 Å². The first-order valence-electron chi connectivity index (χ1n) is 15.8. The first-order valence-corrected chi connectivity index (χ1v) is 19.2. The molecule has 2 N–H and O–H groups in total. The molecule has 1 radical (unpaired) electrons. The first kappa shape index (κ1) is 38.1. The van der Waals surface area contributed by atoms with Crippen molar-refractivity contribution < 1.29 is 40.3 Å². The lowest BCUT2D eigenvalue weighted by molar-refractivity contribution is 0.0193. The van der Waals surface area contributed by atoms with E-state index in [9.17, 15) is 26.4 Å². The number of alkyl halides is 1. The fourth-order valence-electron chi connectivity index (χ4n) is 5.89. The van der Waals surface area contributed by atoms with E-state index in [2.05, 4.69) is 15.5 Å². The van der Waals surface area contributed by atoms with E-state index in [0.29, 0.717) is 6.08 Å². The number of hydrogen-bond donors (Lipinski definition) is 2. The average molecular weight is 732 g/mol. The van der Waals surface area contributed by atoms with Gasteiger partial charge in [0, 0.05) is 48.8 Å². The quantitative estimate of drug-likeness (QED) is 0.407. The van der Waals surface area contributed by atoms with E-state index in [1.807, 2.05) is 0 Å². The van der Waals surface area contributed by atoms with Gasteiger partial charge in [-0.1, -0.05) is 35.9 Å². The van der Waals surface area contributed by atoms with Crippen molar-refractivity contribution in [3.8, 4) is 0 Å². The average Bonchev–Trinajstić information content (AvgIpc) is 2.96. The van der Waals surface area contributed by atoms with Gasteiger partial charge in [0.05, 0.1) is 0 Å². The zero-order valence-electron chi connectivity index (χ0n) is 28.1. The number of sulfonamides is 2. The molecule has 267 valence electrons. The molecule has 12 nitrogen and oxygen atoms in total. The summed E-state index contributed by atoms with van der Waals surface area (Å²) in [6.45, 7) is 10.9. The molecule has 4 rings (SSSR count). The third kappa shape index (κ3) is 8.01. The number of nitrogens with zero attached hydrogens (tertiary/aromatic N) is 2. The fourth-order valence-corrected chi connectivity index (χ4v) is 10.9. The van der Waals surface area contributed by atoms with Crippen molar-refractivity contribution in [2.45, 2.75) is 100 Å². The summed E-state index contributed by atoms with van der Waals surface area (Å²) in [6, 6.07) is 3.88. The highest BCUT2D eigenvalue weighted by atomic mass is 35.5. The minimum Gasteiger partial charge on any atom is -0.444 e. The highest BCUT2D eigenvalue weighted by Gasteiger charge is 2.69. The molecule has 0 spiro atoms. The van der Waals surface area contributed by atoms with Crippen LogP contribution in [0.25, 0.3) is 0 Å². The predicted molar refractivity (Wildman–Crippen MR) is 180 cm³/mol. The smallest absolute Gasteiger partial charge is 0.410 e. The lowest BCUT2D eigenvalue weighted by Gasteiger charge is -2.44. The second-order valence-corrected chi connectivity index (χ2v) is 18.7. The number of benzene rings is 1. The van der Waals surface area contributed by atoms with Gasteiger partial charge in [0.1, 0.15) is 11.2 Å². The van der Waals surface area contributed by atoms with Crippen LogP contribution in [-0.4, -0.2) is 92.4 Å². The van der Waals surface area contributed by atoms with E-state index < -0.39 is 65.3 Å². The Morgan fingerprint density at radius 2 is 1.25 bits per heavy atom. The van der Waals surface area contributed by atoms with Gasteiger partial charge in [0.15, 0.2) is 5.67 Å². The van der Waals surface area contributed by atoms with Gasteiger partial charge in [-0.05, 0) is 91.5 Å². The largest absolute Gasteiger partial charge is 0.444 e. The summed E-state index contributed by atoms with van der Waals surface area (Å²) in [7, 11) is -10.3. The van der Waals surface area contributed by atoms with Gasteiger partial charge < -0.3 is 19.3 Å². The monoisotopic (exact) mass is 731 g/mol. The summed E-state index contributed by atoms with van der Waals surface area (Å²) >= 11 is 6.40. The molecule has 3 aliphatic rings. The molecule has 16 heteroatoms. The Labute approximate surface area is 288 Å². The van der Waals surface area contributed by atoms with Gasteiger partial charge in [-0.25, -0.2) is 40.3 Å². The molecule has 48 heavy (non-hydrogen) atoms. The number of hydrogen-bond acceptors (Lipinski definition) is 8. The summed E-state index contributed by atoms with van der Waals surface area (Å²) < 4.78 is 88.5. The van der Waals surface area contributed by atoms with Gasteiger partial charge in [0.25, 0.3) is 4.08 Å². The second kappa shape index (κ2) is 13.9. The Morgan fingerprint density at radius 1 is 0.833 bits per heavy atom. The molecule has 2 amide bonds. The minimum atomic E-state index is -5.16. The van der Waals surface area contributed by atoms with Gasteiger partial charge in [-0.15, -0.1) is 0 Å². The van der Waals surface area contributed by atoms with Gasteiger partial charge >= 0.3 is 12.2 Å². The normalized spacial score (nSPS) is 22.8. The maximum absolute atomic E-state index is 17.8. The molecule has 1 aromatic carbocycles. The van der Waals surface area contributed by atoms with Crippen LogP contribution in [0.5, 0.6) is 0 Å². The van der Waals surface area contributed by atoms with Crippen LogP contribution in [0.2, 0.25) is 5.02 Å². The molecular weight excluding hydrogens is 687 g/mol. The summed E-state index contributed by atoms with van der Waals surface area (Å²) in [6.07, 6.45) is 4.59. The molecule has 1 aromatic rings. The zero-order valence-corrected chi connectivity index (χ0v) is 30.5. The van der Waals surface area contributed by atoms with E-state index in [-0.39, 0.29) is 62.4 Å². The third-order valence-electron chi connectivity index (χ3n) is 8.19. The lowest BCUT2D eigenvalue weighted by Crippen LogP contribution is -2.67. The molecular formula is C32H45ClFN4O8S2. The third-order valence-corrected chi connectivity index (χ3v) is 13.6. The standard InChI is InChI=1S/C32H45ClFN4O8S2/c1-29(2,3)45-27(39)37-19-13-23(14-20-37)35-47(41,42)32(18-10-9-17-31(32,34)25-11-7-8-12-26(25)33)48(43,44)36-24-15-21-38(22-16-24)28(40)46-30(4,5)6/h7-9,11-12,17-18,23-24,35-36H,13-16,19-22H2,1-6H3. The van der Waals surface area contributed by atoms with Crippen LogP contribution >= 0.6 is 11.6 Å². The Bertz CT molecular complexity index is 1560. The van der Waals surface area contributed by atoms with Crippen LogP contribution in [0.3, 0.4) is 0 Å². The summed E-state index contributed by atoms with van der Waals surface area (Å²) in [5.74, 6) is 0. The van der Waals surface area contributed by atoms with E-state index >= 15 is 4.39 Å². The molecule has 0 bridgehead atoms. The van der Waals surface area contributed by atoms with Crippen molar-refractivity contribution in [2.75, 3.05) is 26.2 Å².